The molecule has 1 aliphatic rings. The minimum atomic E-state index is -0.0811. The third-order valence-corrected chi connectivity index (χ3v) is 5.48. The quantitative estimate of drug-likeness (QED) is 0.818. The van der Waals surface area contributed by atoms with Gasteiger partial charge in [0.2, 0.25) is 0 Å². The second-order valence-electron chi connectivity index (χ2n) is 6.06. The molecule has 0 radical (unpaired) electrons. The van der Waals surface area contributed by atoms with Gasteiger partial charge in [0.25, 0.3) is 5.91 Å². The highest BCUT2D eigenvalue weighted by molar-refractivity contribution is 7.14. The minimum absolute atomic E-state index is 0.000173. The Labute approximate surface area is 140 Å². The molecule has 1 amide bonds. The third-order valence-electron chi connectivity index (χ3n) is 4.25. The Morgan fingerprint density at radius 2 is 1.83 bits per heavy atom. The molecule has 2 aromatic rings. The number of benzene rings is 1. The van der Waals surface area contributed by atoms with Crippen LogP contribution in [0.25, 0.3) is 0 Å². The number of ketones is 1. The van der Waals surface area contributed by atoms with Crippen molar-refractivity contribution < 1.29 is 9.59 Å². The van der Waals surface area contributed by atoms with Crippen LogP contribution in [0.15, 0.2) is 30.3 Å². The highest BCUT2D eigenvalue weighted by atomic mass is 32.1. The Kier molecular flexibility index (Phi) is 4.91. The molecule has 0 unspecified atom stereocenters. The monoisotopic (exact) mass is 327 g/mol. The van der Waals surface area contributed by atoms with Crippen LogP contribution in [0.4, 0.5) is 5.69 Å². The number of hydrogen-bond acceptors (Lipinski definition) is 3. The molecule has 1 N–H and O–H groups in total. The molecule has 0 aliphatic heterocycles. The highest BCUT2D eigenvalue weighted by Gasteiger charge is 2.16. The summed E-state index contributed by atoms with van der Waals surface area (Å²) in [4.78, 5) is 26.1. The number of hydrogen-bond donors (Lipinski definition) is 1. The van der Waals surface area contributed by atoms with E-state index in [1.165, 1.54) is 43.0 Å². The first-order valence-corrected chi connectivity index (χ1v) is 8.99. The van der Waals surface area contributed by atoms with E-state index in [9.17, 15) is 9.59 Å². The predicted molar refractivity (Wildman–Crippen MR) is 94.6 cm³/mol. The van der Waals surface area contributed by atoms with E-state index in [0.29, 0.717) is 11.3 Å². The summed E-state index contributed by atoms with van der Waals surface area (Å²) in [5, 5.41) is 2.91. The van der Waals surface area contributed by atoms with Crippen LogP contribution in [0.3, 0.4) is 0 Å². The summed E-state index contributed by atoms with van der Waals surface area (Å²) in [7, 11) is 0. The molecule has 0 fully saturated rings. The number of thiophene rings is 1. The fraction of sp³-hybridized carbons (Fsp3) is 0.368. The SMILES string of the molecule is CC(=O)c1cccc(NC(=O)c2cc3c(s2)CCCCCC3)c1. The fourth-order valence-electron chi connectivity index (χ4n) is 2.96. The topological polar surface area (TPSA) is 46.2 Å². The van der Waals surface area contributed by atoms with Crippen molar-refractivity contribution in [3.63, 3.8) is 0 Å². The first-order chi connectivity index (χ1) is 11.1. The summed E-state index contributed by atoms with van der Waals surface area (Å²) in [6, 6.07) is 9.14. The molecule has 1 aliphatic carbocycles. The van der Waals surface area contributed by atoms with Gasteiger partial charge in [0.1, 0.15) is 0 Å². The lowest BCUT2D eigenvalue weighted by atomic mass is 10.00. The van der Waals surface area contributed by atoms with Crippen LogP contribution in [-0.2, 0) is 12.8 Å². The van der Waals surface area contributed by atoms with Crippen LogP contribution in [0, 0.1) is 0 Å². The van der Waals surface area contributed by atoms with Gasteiger partial charge in [-0.2, -0.15) is 0 Å². The second-order valence-corrected chi connectivity index (χ2v) is 7.20. The van der Waals surface area contributed by atoms with Gasteiger partial charge in [-0.1, -0.05) is 25.0 Å². The molecule has 0 saturated heterocycles. The summed E-state index contributed by atoms with van der Waals surface area (Å²) < 4.78 is 0. The van der Waals surface area contributed by atoms with E-state index in [0.717, 1.165) is 17.7 Å². The summed E-state index contributed by atoms with van der Waals surface area (Å²) in [5.74, 6) is -0.0809. The third kappa shape index (κ3) is 3.88. The lowest BCUT2D eigenvalue weighted by Gasteiger charge is -2.07. The van der Waals surface area contributed by atoms with Gasteiger partial charge < -0.3 is 5.32 Å². The van der Waals surface area contributed by atoms with Crippen LogP contribution >= 0.6 is 11.3 Å². The van der Waals surface area contributed by atoms with Crippen molar-refractivity contribution in [3.05, 3.63) is 51.2 Å². The average molecular weight is 327 g/mol. The molecule has 23 heavy (non-hydrogen) atoms. The fourth-order valence-corrected chi connectivity index (χ4v) is 4.11. The molecule has 0 spiro atoms. The second kappa shape index (κ2) is 7.09. The van der Waals surface area contributed by atoms with Crippen molar-refractivity contribution in [3.8, 4) is 0 Å². The van der Waals surface area contributed by atoms with Gasteiger partial charge in [-0.05, 0) is 56.4 Å². The number of amides is 1. The molecule has 4 heteroatoms. The number of nitrogens with one attached hydrogen (secondary N) is 1. The van der Waals surface area contributed by atoms with E-state index in [1.54, 1.807) is 29.5 Å². The normalized spacial score (nSPS) is 14.5. The largest absolute Gasteiger partial charge is 0.321 e. The highest BCUT2D eigenvalue weighted by Crippen LogP contribution is 2.29. The van der Waals surface area contributed by atoms with Gasteiger partial charge in [-0.15, -0.1) is 11.3 Å². The van der Waals surface area contributed by atoms with E-state index >= 15 is 0 Å². The Morgan fingerprint density at radius 3 is 2.61 bits per heavy atom. The van der Waals surface area contributed by atoms with Crippen molar-refractivity contribution in [2.75, 3.05) is 5.32 Å². The Hall–Kier alpha value is -1.94. The van der Waals surface area contributed by atoms with Gasteiger partial charge in [0, 0.05) is 16.1 Å². The summed E-state index contributed by atoms with van der Waals surface area (Å²) in [6.45, 7) is 1.53. The van der Waals surface area contributed by atoms with E-state index in [1.807, 2.05) is 6.07 Å². The lowest BCUT2D eigenvalue weighted by molar-refractivity contribution is 0.101. The maximum atomic E-state index is 12.5. The van der Waals surface area contributed by atoms with Crippen LogP contribution < -0.4 is 5.32 Å². The Balaban J connectivity index is 1.77. The van der Waals surface area contributed by atoms with Crippen molar-refractivity contribution in [1.82, 2.24) is 0 Å². The van der Waals surface area contributed by atoms with E-state index < -0.39 is 0 Å². The predicted octanol–water partition coefficient (Wildman–Crippen LogP) is 4.86. The molecular weight excluding hydrogens is 306 g/mol. The standard InChI is InChI=1S/C19H21NO2S/c1-13(21)14-8-6-9-16(11-14)20-19(22)18-12-15-7-4-2-3-5-10-17(15)23-18/h6,8-9,11-12H,2-5,7,10H2,1H3,(H,20,22). The Morgan fingerprint density at radius 1 is 1.04 bits per heavy atom. The van der Waals surface area contributed by atoms with E-state index in [2.05, 4.69) is 11.4 Å². The van der Waals surface area contributed by atoms with Gasteiger partial charge in [0.15, 0.2) is 5.78 Å². The zero-order valence-electron chi connectivity index (χ0n) is 13.4. The van der Waals surface area contributed by atoms with Gasteiger partial charge >= 0.3 is 0 Å². The maximum Gasteiger partial charge on any atom is 0.265 e. The maximum absolute atomic E-state index is 12.5. The average Bonchev–Trinajstić information content (AvgIpc) is 2.90. The molecule has 0 bridgehead atoms. The smallest absolute Gasteiger partial charge is 0.265 e. The zero-order valence-corrected chi connectivity index (χ0v) is 14.2. The number of fused-ring (bicyclic) bond motifs is 1. The summed E-state index contributed by atoms with van der Waals surface area (Å²) >= 11 is 1.62. The van der Waals surface area contributed by atoms with Crippen LogP contribution in [0.2, 0.25) is 0 Å². The van der Waals surface area contributed by atoms with E-state index in [-0.39, 0.29) is 11.7 Å². The first kappa shape index (κ1) is 15.9. The molecule has 0 saturated carbocycles. The van der Waals surface area contributed by atoms with Crippen LogP contribution in [0.5, 0.6) is 0 Å². The van der Waals surface area contributed by atoms with Crippen molar-refractivity contribution in [2.24, 2.45) is 0 Å². The molecule has 1 heterocycles. The van der Waals surface area contributed by atoms with Crippen LogP contribution in [-0.4, -0.2) is 11.7 Å². The van der Waals surface area contributed by atoms with Gasteiger partial charge in [-0.3, -0.25) is 9.59 Å². The van der Waals surface area contributed by atoms with Crippen molar-refractivity contribution in [1.29, 1.82) is 0 Å². The molecule has 1 aromatic carbocycles. The summed E-state index contributed by atoms with van der Waals surface area (Å²) in [5.41, 5.74) is 2.63. The van der Waals surface area contributed by atoms with Crippen molar-refractivity contribution in [2.45, 2.75) is 45.4 Å². The van der Waals surface area contributed by atoms with Crippen molar-refractivity contribution >= 4 is 28.7 Å². The number of Topliss-reactive ketones (excluding diaryl/α,β-unsaturated/α-hetero) is 1. The molecular formula is C19H21NO2S. The van der Waals surface area contributed by atoms with Gasteiger partial charge in [-0.25, -0.2) is 0 Å². The Bertz CT molecular complexity index is 707. The molecule has 1 aromatic heterocycles. The van der Waals surface area contributed by atoms with Crippen LogP contribution in [0.1, 0.15) is 63.1 Å². The van der Waals surface area contributed by atoms with E-state index in [4.69, 9.17) is 0 Å². The number of carbonyl (C=O) groups is 2. The lowest BCUT2D eigenvalue weighted by Crippen LogP contribution is -2.10. The molecule has 3 nitrogen and oxygen atoms in total. The number of rotatable bonds is 3. The number of carbonyl (C=O) groups excluding carboxylic acids is 2. The first-order valence-electron chi connectivity index (χ1n) is 8.17. The van der Waals surface area contributed by atoms with Gasteiger partial charge in [0.05, 0.1) is 4.88 Å². The molecule has 3 rings (SSSR count). The minimum Gasteiger partial charge on any atom is -0.321 e. The number of anilines is 1. The number of aryl methyl sites for hydroxylation is 2. The molecule has 0 atom stereocenters. The summed E-state index contributed by atoms with van der Waals surface area (Å²) in [6.07, 6.45) is 7.18. The molecule has 120 valence electrons. The zero-order chi connectivity index (χ0) is 16.2.